The number of hydrogen-bond acceptors (Lipinski definition) is 1. The van der Waals surface area contributed by atoms with Crippen LogP contribution in [-0.2, 0) is 6.42 Å². The van der Waals surface area contributed by atoms with Gasteiger partial charge in [-0.3, -0.25) is 0 Å². The van der Waals surface area contributed by atoms with Crippen LogP contribution in [0.5, 0.6) is 0 Å². The summed E-state index contributed by atoms with van der Waals surface area (Å²) in [5, 5.41) is 11.8. The van der Waals surface area contributed by atoms with E-state index in [-0.39, 0.29) is 23.3 Å². The Hall–Kier alpha value is -1.70. The van der Waals surface area contributed by atoms with Crippen LogP contribution in [0.15, 0.2) is 47.7 Å². The topological polar surface area (TPSA) is 20.2 Å². The molecular formula is C21H20ClF2OP. The molecule has 1 nitrogen and oxygen atoms in total. The van der Waals surface area contributed by atoms with Gasteiger partial charge in [-0.2, -0.15) is 0 Å². The van der Waals surface area contributed by atoms with Crippen molar-refractivity contribution in [3.63, 3.8) is 0 Å². The number of allylic oxidation sites excluding steroid dienone is 2. The summed E-state index contributed by atoms with van der Waals surface area (Å²) in [6.07, 6.45) is 4.57. The van der Waals surface area contributed by atoms with Gasteiger partial charge >= 0.3 is 0 Å². The Morgan fingerprint density at radius 3 is 2.46 bits per heavy atom. The van der Waals surface area contributed by atoms with Crippen LogP contribution in [0.25, 0.3) is 5.57 Å². The molecule has 3 rings (SSSR count). The van der Waals surface area contributed by atoms with E-state index in [1.807, 2.05) is 0 Å². The van der Waals surface area contributed by atoms with Crippen molar-refractivity contribution in [1.29, 1.82) is 0 Å². The summed E-state index contributed by atoms with van der Waals surface area (Å²) in [6, 6.07) is 7.95. The Balaban J connectivity index is 2.24. The average molecular weight is 393 g/mol. The molecule has 0 aromatic heterocycles. The molecule has 26 heavy (non-hydrogen) atoms. The summed E-state index contributed by atoms with van der Waals surface area (Å²) in [4.78, 5) is 0. The van der Waals surface area contributed by atoms with Gasteiger partial charge in [0.2, 0.25) is 0 Å². The highest BCUT2D eigenvalue weighted by atomic mass is 35.5. The van der Waals surface area contributed by atoms with Gasteiger partial charge in [-0.1, -0.05) is 24.6 Å². The van der Waals surface area contributed by atoms with Crippen LogP contribution in [-0.4, -0.2) is 5.11 Å². The molecule has 1 unspecified atom stereocenters. The van der Waals surface area contributed by atoms with Gasteiger partial charge in [0, 0.05) is 16.1 Å². The normalized spacial score (nSPS) is 14.3. The van der Waals surface area contributed by atoms with E-state index in [4.69, 9.17) is 11.6 Å². The molecule has 0 spiro atoms. The van der Waals surface area contributed by atoms with Gasteiger partial charge in [0.25, 0.3) is 0 Å². The van der Waals surface area contributed by atoms with Gasteiger partial charge < -0.3 is 5.11 Å². The summed E-state index contributed by atoms with van der Waals surface area (Å²) in [6.45, 7) is 1.71. The van der Waals surface area contributed by atoms with Crippen molar-refractivity contribution >= 4 is 31.7 Å². The van der Waals surface area contributed by atoms with E-state index in [0.29, 0.717) is 10.6 Å². The minimum absolute atomic E-state index is 0.0449. The molecule has 5 heteroatoms. The molecule has 2 aromatic carbocycles. The molecule has 1 aliphatic carbocycles. The Kier molecular flexibility index (Phi) is 5.79. The summed E-state index contributed by atoms with van der Waals surface area (Å²) in [5.74, 6) is -0.992. The predicted molar refractivity (Wildman–Crippen MR) is 107 cm³/mol. The molecule has 1 saturated carbocycles. The van der Waals surface area contributed by atoms with Crippen molar-refractivity contribution in [3.8, 4) is 0 Å². The number of halogens is 3. The summed E-state index contributed by atoms with van der Waals surface area (Å²) >= 11 is 6.04. The van der Waals surface area contributed by atoms with Crippen LogP contribution in [0.1, 0.15) is 42.9 Å². The molecule has 0 aliphatic heterocycles. The minimum atomic E-state index is -0.593. The van der Waals surface area contributed by atoms with E-state index in [9.17, 15) is 9.50 Å². The fourth-order valence-electron chi connectivity index (χ4n) is 3.06. The fourth-order valence-corrected chi connectivity index (χ4v) is 3.78. The maximum Gasteiger partial charge on any atom is 0.137 e. The van der Waals surface area contributed by atoms with E-state index in [2.05, 4.69) is 9.24 Å². The summed E-state index contributed by atoms with van der Waals surface area (Å²) in [7, 11) is 2.58. The monoisotopic (exact) mass is 392 g/mol. The average Bonchev–Trinajstić information content (AvgIpc) is 2.52. The quantitative estimate of drug-likeness (QED) is 0.491. The third-order valence-corrected chi connectivity index (χ3v) is 5.45. The summed E-state index contributed by atoms with van der Waals surface area (Å²) < 4.78 is 29.0. The van der Waals surface area contributed by atoms with Crippen LogP contribution in [0.4, 0.5) is 8.78 Å². The van der Waals surface area contributed by atoms with Crippen molar-refractivity contribution in [3.05, 3.63) is 81.1 Å². The highest BCUT2D eigenvalue weighted by molar-refractivity contribution is 7.27. The Labute approximate surface area is 159 Å². The van der Waals surface area contributed by atoms with Crippen LogP contribution < -0.4 is 5.30 Å². The molecule has 0 bridgehead atoms. The third kappa shape index (κ3) is 3.70. The van der Waals surface area contributed by atoms with Crippen LogP contribution in [0, 0.1) is 11.6 Å². The second kappa shape index (κ2) is 7.90. The van der Waals surface area contributed by atoms with Crippen molar-refractivity contribution < 1.29 is 13.9 Å². The van der Waals surface area contributed by atoms with E-state index in [1.54, 1.807) is 31.2 Å². The molecule has 136 valence electrons. The Morgan fingerprint density at radius 1 is 1.19 bits per heavy atom. The number of hydrogen-bond donors (Lipinski definition) is 1. The Morgan fingerprint density at radius 2 is 1.88 bits per heavy atom. The lowest BCUT2D eigenvalue weighted by Crippen LogP contribution is -2.07. The first-order chi connectivity index (χ1) is 12.4. The zero-order valence-corrected chi connectivity index (χ0v) is 16.4. The maximum absolute atomic E-state index is 15.0. The van der Waals surface area contributed by atoms with Crippen molar-refractivity contribution in [2.24, 2.45) is 0 Å². The first-order valence-electron chi connectivity index (χ1n) is 8.57. The van der Waals surface area contributed by atoms with Gasteiger partial charge in [0.05, 0.1) is 0 Å². The van der Waals surface area contributed by atoms with Gasteiger partial charge in [-0.15, -0.1) is 9.24 Å². The van der Waals surface area contributed by atoms with Crippen LogP contribution in [0.2, 0.25) is 5.02 Å². The molecule has 0 radical (unpaired) electrons. The molecule has 1 atom stereocenters. The maximum atomic E-state index is 15.0. The first-order valence-corrected chi connectivity index (χ1v) is 9.53. The molecule has 1 aliphatic rings. The zero-order chi connectivity index (χ0) is 18.8. The number of aliphatic hydroxyl groups excluding tert-OH is 1. The largest absolute Gasteiger partial charge is 0.508 e. The number of aliphatic hydroxyl groups is 1. The number of benzene rings is 2. The molecule has 0 heterocycles. The lowest BCUT2D eigenvalue weighted by molar-refractivity contribution is 0.407. The Bertz CT molecular complexity index is 912. The second-order valence-corrected chi connectivity index (χ2v) is 7.43. The molecule has 0 amide bonds. The molecule has 1 N–H and O–H groups in total. The summed E-state index contributed by atoms with van der Waals surface area (Å²) in [5.41, 5.74) is 2.50. The van der Waals surface area contributed by atoms with Gasteiger partial charge in [0.1, 0.15) is 17.4 Å². The van der Waals surface area contributed by atoms with Gasteiger partial charge in [0.15, 0.2) is 0 Å². The standard InChI is InChI=1S/C21H20ClF2OP/c1-2-14-18(23)9-8-16(21(14)24)17(11-19(25)12-4-3-5-12)15-7-6-13(22)10-20(15)26/h6-11,25H,2-5,26H2,1H3/b17-11-. The third-order valence-electron chi connectivity index (χ3n) is 4.73. The highest BCUT2D eigenvalue weighted by Crippen LogP contribution is 2.33. The molecule has 1 fully saturated rings. The fraction of sp³-hybridized carbons (Fsp3) is 0.238. The van der Waals surface area contributed by atoms with Crippen molar-refractivity contribution in [1.82, 2.24) is 0 Å². The lowest BCUT2D eigenvalue weighted by atomic mass is 9.89. The second-order valence-electron chi connectivity index (χ2n) is 6.37. The molecule has 2 aromatic rings. The van der Waals surface area contributed by atoms with E-state index in [1.165, 1.54) is 12.1 Å². The van der Waals surface area contributed by atoms with E-state index in [0.717, 1.165) is 35.7 Å². The van der Waals surface area contributed by atoms with Crippen molar-refractivity contribution in [2.75, 3.05) is 0 Å². The smallest absolute Gasteiger partial charge is 0.137 e. The van der Waals surface area contributed by atoms with E-state index < -0.39 is 11.6 Å². The van der Waals surface area contributed by atoms with Crippen molar-refractivity contribution in [2.45, 2.75) is 32.6 Å². The van der Waals surface area contributed by atoms with E-state index >= 15 is 4.39 Å². The SMILES string of the molecule is CCc1c(F)ccc(/C(=C\C(O)=C2CCC2)c2ccc(Cl)cc2P)c1F. The molecular weight excluding hydrogens is 373 g/mol. The molecule has 0 saturated heterocycles. The zero-order valence-electron chi connectivity index (χ0n) is 14.5. The lowest BCUT2D eigenvalue weighted by Gasteiger charge is -2.19. The van der Waals surface area contributed by atoms with Gasteiger partial charge in [-0.25, -0.2) is 8.78 Å². The van der Waals surface area contributed by atoms with Crippen LogP contribution in [0.3, 0.4) is 0 Å². The number of rotatable bonds is 4. The minimum Gasteiger partial charge on any atom is -0.508 e. The first kappa shape index (κ1) is 19.1. The van der Waals surface area contributed by atoms with Crippen LogP contribution >= 0.6 is 20.8 Å². The highest BCUT2D eigenvalue weighted by Gasteiger charge is 2.20. The van der Waals surface area contributed by atoms with Gasteiger partial charge in [-0.05, 0) is 78.0 Å². The predicted octanol–water partition coefficient (Wildman–Crippen LogP) is 6.11.